The fourth-order valence-corrected chi connectivity index (χ4v) is 4.77. The zero-order chi connectivity index (χ0) is 26.9. The Labute approximate surface area is 223 Å². The number of aromatic nitrogens is 4. The van der Waals surface area contributed by atoms with E-state index in [1.807, 2.05) is 12.1 Å². The van der Waals surface area contributed by atoms with Crippen molar-refractivity contribution in [1.82, 2.24) is 35.1 Å². The third-order valence-corrected chi connectivity index (χ3v) is 6.97. The number of carbonyl (C=O) groups is 1. The number of nitrogens with zero attached hydrogens (tertiary/aromatic N) is 5. The molecule has 2 aliphatic heterocycles. The minimum absolute atomic E-state index is 0.0223. The van der Waals surface area contributed by atoms with Gasteiger partial charge < -0.3 is 25.3 Å². The second kappa shape index (κ2) is 10.5. The van der Waals surface area contributed by atoms with E-state index in [2.05, 4.69) is 35.5 Å². The zero-order valence-electron chi connectivity index (χ0n) is 21.4. The van der Waals surface area contributed by atoms with Crippen LogP contribution in [0.4, 0.5) is 20.4 Å². The summed E-state index contributed by atoms with van der Waals surface area (Å²) in [6.07, 6.45) is 3.86. The van der Waals surface area contributed by atoms with Crippen LogP contribution in [0.1, 0.15) is 28.0 Å². The highest BCUT2D eigenvalue weighted by molar-refractivity contribution is 6.02. The van der Waals surface area contributed by atoms with Crippen molar-refractivity contribution in [3.8, 4) is 11.6 Å². The predicted molar refractivity (Wildman–Crippen MR) is 141 cm³/mol. The molecule has 2 saturated heterocycles. The second-order valence-corrected chi connectivity index (χ2v) is 9.76. The lowest BCUT2D eigenvalue weighted by Gasteiger charge is -2.31. The van der Waals surface area contributed by atoms with E-state index < -0.39 is 11.6 Å². The number of hydrogen-bond donors (Lipinski definition) is 3. The number of piperazine rings is 1. The van der Waals surface area contributed by atoms with Crippen molar-refractivity contribution < 1.29 is 18.3 Å². The molecule has 1 aromatic carbocycles. The Hall–Kier alpha value is -4.16. The van der Waals surface area contributed by atoms with Crippen LogP contribution in [0.3, 0.4) is 0 Å². The highest BCUT2D eigenvalue weighted by Gasteiger charge is 2.30. The van der Waals surface area contributed by atoms with Gasteiger partial charge in [-0.3, -0.25) is 9.69 Å². The topological polar surface area (TPSA) is 111 Å². The lowest BCUT2D eigenvalue weighted by atomic mass is 10.1. The monoisotopic (exact) mass is 534 g/mol. The Morgan fingerprint density at radius 2 is 1.92 bits per heavy atom. The van der Waals surface area contributed by atoms with Crippen LogP contribution in [0.25, 0.3) is 10.9 Å². The molecule has 2 fully saturated rings. The zero-order valence-corrected chi connectivity index (χ0v) is 21.4. The van der Waals surface area contributed by atoms with Gasteiger partial charge >= 0.3 is 0 Å². The summed E-state index contributed by atoms with van der Waals surface area (Å²) in [6.45, 7) is 7.54. The number of nitrogens with one attached hydrogen (secondary N) is 3. The first-order chi connectivity index (χ1) is 19.0. The number of pyridine rings is 1. The molecular formula is C27H28F2N8O2. The molecule has 0 bridgehead atoms. The SMILES string of the molecule is Cc1cc2c(F)c(Oc3ncnc(Nc4ccc(CN5CCNCC5)cn4)c3C(=O)N3CCC3)cc(F)c2[nH]1. The first kappa shape index (κ1) is 25.1. The quantitative estimate of drug-likeness (QED) is 0.329. The van der Waals surface area contributed by atoms with Crippen LogP contribution in [0.2, 0.25) is 0 Å². The third kappa shape index (κ3) is 5.12. The minimum atomic E-state index is -0.757. The number of amides is 1. The standard InChI is InChI=1S/C27H28F2N8O2/c1-16-11-18-23(29)20(12-19(28)24(18)34-16)39-26-22(27(38)37-7-2-8-37)25(32-15-33-26)35-21-4-3-17(13-31-21)14-36-9-5-30-6-10-36/h3-4,11-13,15,30,34H,2,5-10,14H2,1H3,(H,31,32,33,35). The largest absolute Gasteiger partial charge is 0.435 e. The fraction of sp³-hybridized carbons (Fsp3) is 0.333. The lowest BCUT2D eigenvalue weighted by molar-refractivity contribution is 0.0649. The Bertz CT molecular complexity index is 1510. The highest BCUT2D eigenvalue weighted by Crippen LogP contribution is 2.35. The van der Waals surface area contributed by atoms with Crippen LogP contribution in [0.15, 0.2) is 36.8 Å². The van der Waals surface area contributed by atoms with Crippen molar-refractivity contribution in [3.05, 3.63) is 65.2 Å². The lowest BCUT2D eigenvalue weighted by Crippen LogP contribution is -2.42. The molecule has 0 saturated carbocycles. The van der Waals surface area contributed by atoms with Crippen LogP contribution in [-0.4, -0.2) is 74.9 Å². The maximum atomic E-state index is 15.3. The summed E-state index contributed by atoms with van der Waals surface area (Å²) in [4.78, 5) is 33.1. The number of rotatable bonds is 7. The van der Waals surface area contributed by atoms with Crippen LogP contribution in [-0.2, 0) is 6.54 Å². The van der Waals surface area contributed by atoms with Crippen LogP contribution in [0, 0.1) is 18.6 Å². The molecule has 12 heteroatoms. The number of anilines is 2. The van der Waals surface area contributed by atoms with Gasteiger partial charge in [-0.2, -0.15) is 0 Å². The van der Waals surface area contributed by atoms with Crippen molar-refractivity contribution in [3.63, 3.8) is 0 Å². The summed E-state index contributed by atoms with van der Waals surface area (Å²) in [5.74, 6) is -1.72. The molecule has 6 rings (SSSR count). The molecule has 0 radical (unpaired) electrons. The normalized spacial score (nSPS) is 15.8. The molecule has 2 aliphatic rings. The van der Waals surface area contributed by atoms with Crippen molar-refractivity contribution >= 4 is 28.4 Å². The number of benzene rings is 1. The van der Waals surface area contributed by atoms with Gasteiger partial charge in [0.2, 0.25) is 5.88 Å². The third-order valence-electron chi connectivity index (χ3n) is 6.97. The number of aromatic amines is 1. The summed E-state index contributed by atoms with van der Waals surface area (Å²) < 4.78 is 35.8. The molecular weight excluding hydrogens is 506 g/mol. The van der Waals surface area contributed by atoms with E-state index in [0.29, 0.717) is 24.6 Å². The van der Waals surface area contributed by atoms with E-state index >= 15 is 4.39 Å². The number of hydrogen-bond acceptors (Lipinski definition) is 8. The van der Waals surface area contributed by atoms with Crippen LogP contribution >= 0.6 is 0 Å². The molecule has 0 atom stereocenters. The maximum absolute atomic E-state index is 15.3. The van der Waals surface area contributed by atoms with Crippen molar-refractivity contribution in [1.29, 1.82) is 0 Å². The number of ether oxygens (including phenoxy) is 1. The van der Waals surface area contributed by atoms with Crippen LogP contribution < -0.4 is 15.4 Å². The van der Waals surface area contributed by atoms with Gasteiger partial charge in [0.1, 0.15) is 17.7 Å². The van der Waals surface area contributed by atoms with Crippen LogP contribution in [0.5, 0.6) is 11.6 Å². The van der Waals surface area contributed by atoms with Gasteiger partial charge in [0, 0.05) is 69.2 Å². The molecule has 1 amide bonds. The molecule has 39 heavy (non-hydrogen) atoms. The molecule has 0 spiro atoms. The molecule has 10 nitrogen and oxygen atoms in total. The van der Waals surface area contributed by atoms with E-state index in [4.69, 9.17) is 4.74 Å². The average molecular weight is 535 g/mol. The average Bonchev–Trinajstić information content (AvgIpc) is 3.30. The van der Waals surface area contributed by atoms with E-state index in [9.17, 15) is 9.18 Å². The molecule has 0 aliphatic carbocycles. The number of fused-ring (bicyclic) bond motifs is 1. The van der Waals surface area contributed by atoms with Gasteiger partial charge in [0.05, 0.1) is 5.52 Å². The van der Waals surface area contributed by atoms with Gasteiger partial charge in [-0.15, -0.1) is 0 Å². The number of carbonyl (C=O) groups excluding carboxylic acids is 1. The summed E-state index contributed by atoms with van der Waals surface area (Å²) in [6, 6.07) is 6.23. The molecule has 202 valence electrons. The number of halogens is 2. The van der Waals surface area contributed by atoms with Gasteiger partial charge in [0.25, 0.3) is 5.91 Å². The number of H-pyrrole nitrogens is 1. The molecule has 5 heterocycles. The van der Waals surface area contributed by atoms with Crippen molar-refractivity contribution in [2.24, 2.45) is 0 Å². The van der Waals surface area contributed by atoms with E-state index in [0.717, 1.165) is 50.8 Å². The summed E-state index contributed by atoms with van der Waals surface area (Å²) in [5, 5.41) is 6.48. The van der Waals surface area contributed by atoms with E-state index in [-0.39, 0.29) is 39.8 Å². The second-order valence-electron chi connectivity index (χ2n) is 9.76. The van der Waals surface area contributed by atoms with Gasteiger partial charge in [0.15, 0.2) is 23.2 Å². The van der Waals surface area contributed by atoms with Gasteiger partial charge in [-0.05, 0) is 31.0 Å². The fourth-order valence-electron chi connectivity index (χ4n) is 4.77. The highest BCUT2D eigenvalue weighted by atomic mass is 19.1. The number of likely N-dealkylation sites (tertiary alicyclic amines) is 1. The summed E-state index contributed by atoms with van der Waals surface area (Å²) >= 11 is 0. The van der Waals surface area contributed by atoms with E-state index in [1.54, 1.807) is 18.0 Å². The van der Waals surface area contributed by atoms with Gasteiger partial charge in [-0.1, -0.05) is 6.07 Å². The molecule has 3 aromatic heterocycles. The van der Waals surface area contributed by atoms with E-state index in [1.165, 1.54) is 12.4 Å². The minimum Gasteiger partial charge on any atom is -0.435 e. The Morgan fingerprint density at radius 3 is 2.64 bits per heavy atom. The van der Waals surface area contributed by atoms with Crippen molar-refractivity contribution in [2.45, 2.75) is 19.9 Å². The number of aryl methyl sites for hydroxylation is 1. The Morgan fingerprint density at radius 1 is 1.10 bits per heavy atom. The first-order valence-corrected chi connectivity index (χ1v) is 12.9. The smallest absolute Gasteiger partial charge is 0.263 e. The predicted octanol–water partition coefficient (Wildman–Crippen LogP) is 3.73. The van der Waals surface area contributed by atoms with Crippen molar-refractivity contribution in [2.75, 3.05) is 44.6 Å². The molecule has 3 N–H and O–H groups in total. The summed E-state index contributed by atoms with van der Waals surface area (Å²) in [5.41, 5.74) is 1.74. The maximum Gasteiger partial charge on any atom is 0.263 e. The first-order valence-electron chi connectivity index (χ1n) is 12.9. The Kier molecular flexibility index (Phi) is 6.79. The summed E-state index contributed by atoms with van der Waals surface area (Å²) in [7, 11) is 0. The van der Waals surface area contributed by atoms with Gasteiger partial charge in [-0.25, -0.2) is 23.7 Å². The molecule has 4 aromatic rings. The Balaban J connectivity index is 1.30. The molecule has 0 unspecified atom stereocenters.